The van der Waals surface area contributed by atoms with Gasteiger partial charge in [-0.25, -0.2) is 13.1 Å². The van der Waals surface area contributed by atoms with E-state index in [1.165, 1.54) is 0 Å². The Kier molecular flexibility index (Phi) is 2.69. The first-order chi connectivity index (χ1) is 7.44. The van der Waals surface area contributed by atoms with Crippen LogP contribution in [0.5, 0.6) is 0 Å². The molecule has 0 amide bonds. The second-order valence-corrected chi connectivity index (χ2v) is 6.54. The molecule has 1 aliphatic heterocycles. The molecule has 1 aromatic heterocycles. The quantitative estimate of drug-likeness (QED) is 0.829. The monoisotopic (exact) mass is 243 g/mol. The molecule has 2 rings (SSSR count). The maximum Gasteiger partial charge on any atom is 0.152 e. The van der Waals surface area contributed by atoms with Gasteiger partial charge in [-0.15, -0.1) is 0 Å². The third-order valence-corrected chi connectivity index (χ3v) is 4.93. The minimum Gasteiger partial charge on any atom is -0.384 e. The summed E-state index contributed by atoms with van der Waals surface area (Å²) >= 11 is 0. The number of nitrogens with two attached hydrogens (primary N) is 1. The minimum atomic E-state index is -2.89. The van der Waals surface area contributed by atoms with Gasteiger partial charge in [0.25, 0.3) is 0 Å². The first-order valence-electron chi connectivity index (χ1n) is 5.48. The van der Waals surface area contributed by atoms with Crippen LogP contribution in [0.1, 0.15) is 30.6 Å². The van der Waals surface area contributed by atoms with Gasteiger partial charge in [0.05, 0.1) is 23.2 Å². The molecule has 0 bridgehead atoms. The Morgan fingerprint density at radius 2 is 2.25 bits per heavy atom. The number of aryl methyl sites for hydroxylation is 1. The molecule has 2 N–H and O–H groups in total. The molecule has 0 saturated carbocycles. The van der Waals surface area contributed by atoms with Crippen LogP contribution in [0, 0.1) is 6.92 Å². The average Bonchev–Trinajstić information content (AvgIpc) is 2.70. The first kappa shape index (κ1) is 11.4. The number of aromatic nitrogens is 2. The van der Waals surface area contributed by atoms with E-state index in [4.69, 9.17) is 5.73 Å². The van der Waals surface area contributed by atoms with Gasteiger partial charge >= 0.3 is 0 Å². The van der Waals surface area contributed by atoms with Crippen LogP contribution in [0.2, 0.25) is 0 Å². The standard InChI is InChI=1S/C10H17N3O2S/c1-3-9-7(2)10(11)13(12-9)8-4-5-16(14,15)6-8/h8H,3-6,11H2,1-2H3. The Bertz CT molecular complexity index is 504. The lowest BCUT2D eigenvalue weighted by Crippen LogP contribution is -2.15. The summed E-state index contributed by atoms with van der Waals surface area (Å²) < 4.78 is 24.5. The highest BCUT2D eigenvalue weighted by Gasteiger charge is 2.31. The van der Waals surface area contributed by atoms with Gasteiger partial charge in [0.1, 0.15) is 5.82 Å². The molecule has 0 aromatic carbocycles. The smallest absolute Gasteiger partial charge is 0.152 e. The van der Waals surface area contributed by atoms with Crippen LogP contribution in [0.4, 0.5) is 5.82 Å². The van der Waals surface area contributed by atoms with Crippen LogP contribution in [-0.4, -0.2) is 29.7 Å². The lowest BCUT2D eigenvalue weighted by Gasteiger charge is -2.10. The molecule has 2 heterocycles. The lowest BCUT2D eigenvalue weighted by atomic mass is 10.2. The predicted octanol–water partition coefficient (Wildman–Crippen LogP) is 0.696. The van der Waals surface area contributed by atoms with E-state index in [1.807, 2.05) is 13.8 Å². The van der Waals surface area contributed by atoms with Gasteiger partial charge in [-0.1, -0.05) is 6.92 Å². The fraction of sp³-hybridized carbons (Fsp3) is 0.700. The van der Waals surface area contributed by atoms with Crippen molar-refractivity contribution in [2.75, 3.05) is 17.2 Å². The molecular formula is C10H17N3O2S. The van der Waals surface area contributed by atoms with Crippen molar-refractivity contribution in [1.82, 2.24) is 9.78 Å². The van der Waals surface area contributed by atoms with Crippen LogP contribution >= 0.6 is 0 Å². The Morgan fingerprint density at radius 1 is 1.56 bits per heavy atom. The molecule has 0 aliphatic carbocycles. The van der Waals surface area contributed by atoms with E-state index >= 15 is 0 Å². The van der Waals surface area contributed by atoms with Crippen LogP contribution in [0.15, 0.2) is 0 Å². The molecule has 1 aromatic rings. The van der Waals surface area contributed by atoms with Crippen molar-refractivity contribution in [2.24, 2.45) is 0 Å². The minimum absolute atomic E-state index is 0.0796. The molecule has 16 heavy (non-hydrogen) atoms. The number of rotatable bonds is 2. The normalized spacial score (nSPS) is 23.8. The fourth-order valence-electron chi connectivity index (χ4n) is 2.16. The van der Waals surface area contributed by atoms with Gasteiger partial charge in [0.15, 0.2) is 9.84 Å². The van der Waals surface area contributed by atoms with E-state index in [0.717, 1.165) is 17.7 Å². The number of sulfone groups is 1. The summed E-state index contributed by atoms with van der Waals surface area (Å²) in [7, 11) is -2.89. The zero-order valence-electron chi connectivity index (χ0n) is 9.60. The van der Waals surface area contributed by atoms with Crippen molar-refractivity contribution < 1.29 is 8.42 Å². The van der Waals surface area contributed by atoms with Gasteiger partial charge < -0.3 is 5.73 Å². The Balaban J connectivity index is 2.35. The zero-order chi connectivity index (χ0) is 11.9. The highest BCUT2D eigenvalue weighted by atomic mass is 32.2. The second-order valence-electron chi connectivity index (χ2n) is 4.31. The van der Waals surface area contributed by atoms with Gasteiger partial charge in [0, 0.05) is 5.56 Å². The van der Waals surface area contributed by atoms with Crippen molar-refractivity contribution in [1.29, 1.82) is 0 Å². The number of nitrogens with zero attached hydrogens (tertiary/aromatic N) is 2. The van der Waals surface area contributed by atoms with E-state index < -0.39 is 9.84 Å². The van der Waals surface area contributed by atoms with E-state index in [2.05, 4.69) is 5.10 Å². The third-order valence-electron chi connectivity index (χ3n) is 3.18. The maximum absolute atomic E-state index is 11.4. The summed E-state index contributed by atoms with van der Waals surface area (Å²) in [5.41, 5.74) is 7.89. The fourth-order valence-corrected chi connectivity index (χ4v) is 3.85. The second kappa shape index (κ2) is 3.76. The lowest BCUT2D eigenvalue weighted by molar-refractivity contribution is 0.502. The third kappa shape index (κ3) is 1.81. The summed E-state index contributed by atoms with van der Waals surface area (Å²) in [4.78, 5) is 0. The molecular weight excluding hydrogens is 226 g/mol. The van der Waals surface area contributed by atoms with Gasteiger partial charge in [-0.2, -0.15) is 5.10 Å². The number of anilines is 1. The van der Waals surface area contributed by atoms with E-state index in [-0.39, 0.29) is 17.5 Å². The summed E-state index contributed by atoms with van der Waals surface area (Å²) in [5, 5.41) is 4.40. The molecule has 1 aliphatic rings. The average molecular weight is 243 g/mol. The Morgan fingerprint density at radius 3 is 2.69 bits per heavy atom. The van der Waals surface area contributed by atoms with Crippen molar-refractivity contribution in [3.63, 3.8) is 0 Å². The Hall–Kier alpha value is -1.04. The number of nitrogen functional groups attached to an aromatic ring is 1. The molecule has 1 unspecified atom stereocenters. The molecule has 1 saturated heterocycles. The molecule has 0 spiro atoms. The summed E-state index contributed by atoms with van der Waals surface area (Å²) in [6.45, 7) is 3.95. The van der Waals surface area contributed by atoms with E-state index in [1.54, 1.807) is 4.68 Å². The SMILES string of the molecule is CCc1nn(C2CCS(=O)(=O)C2)c(N)c1C. The van der Waals surface area contributed by atoms with Gasteiger partial charge in [-0.05, 0) is 19.8 Å². The predicted molar refractivity (Wildman–Crippen MR) is 63.1 cm³/mol. The molecule has 5 nitrogen and oxygen atoms in total. The highest BCUT2D eigenvalue weighted by Crippen LogP contribution is 2.28. The largest absolute Gasteiger partial charge is 0.384 e. The van der Waals surface area contributed by atoms with Crippen LogP contribution < -0.4 is 5.73 Å². The highest BCUT2D eigenvalue weighted by molar-refractivity contribution is 7.91. The van der Waals surface area contributed by atoms with Crippen LogP contribution in [0.25, 0.3) is 0 Å². The topological polar surface area (TPSA) is 78.0 Å². The van der Waals surface area contributed by atoms with Crippen molar-refractivity contribution >= 4 is 15.7 Å². The molecule has 90 valence electrons. The van der Waals surface area contributed by atoms with Crippen molar-refractivity contribution in [3.8, 4) is 0 Å². The number of hydrogen-bond acceptors (Lipinski definition) is 4. The van der Waals surface area contributed by atoms with E-state index in [0.29, 0.717) is 12.2 Å². The van der Waals surface area contributed by atoms with Crippen molar-refractivity contribution in [2.45, 2.75) is 32.7 Å². The molecule has 1 atom stereocenters. The van der Waals surface area contributed by atoms with E-state index in [9.17, 15) is 8.42 Å². The maximum atomic E-state index is 11.4. The number of hydrogen-bond donors (Lipinski definition) is 1. The summed E-state index contributed by atoms with van der Waals surface area (Å²) in [5.74, 6) is 1.03. The van der Waals surface area contributed by atoms with Gasteiger partial charge in [-0.3, -0.25) is 0 Å². The summed E-state index contributed by atoms with van der Waals surface area (Å²) in [6, 6.07) is -0.0796. The summed E-state index contributed by atoms with van der Waals surface area (Å²) in [6.07, 6.45) is 1.44. The molecule has 6 heteroatoms. The molecule has 0 radical (unpaired) electrons. The van der Waals surface area contributed by atoms with Crippen LogP contribution in [-0.2, 0) is 16.3 Å². The Labute approximate surface area is 95.6 Å². The van der Waals surface area contributed by atoms with Crippen LogP contribution in [0.3, 0.4) is 0 Å². The van der Waals surface area contributed by atoms with Crippen molar-refractivity contribution in [3.05, 3.63) is 11.3 Å². The van der Waals surface area contributed by atoms with Gasteiger partial charge in [0.2, 0.25) is 0 Å². The first-order valence-corrected chi connectivity index (χ1v) is 7.30. The zero-order valence-corrected chi connectivity index (χ0v) is 10.4. The molecule has 1 fully saturated rings.